The van der Waals surface area contributed by atoms with Crippen LogP contribution in [0.5, 0.6) is 0 Å². The predicted molar refractivity (Wildman–Crippen MR) is 116 cm³/mol. The highest BCUT2D eigenvalue weighted by Gasteiger charge is 2.12. The molecule has 7 heteroatoms. The number of amides is 1. The van der Waals surface area contributed by atoms with E-state index in [0.29, 0.717) is 6.54 Å². The molecule has 4 rings (SSSR count). The maximum absolute atomic E-state index is 12.3. The molecule has 0 saturated carbocycles. The maximum atomic E-state index is 12.3. The quantitative estimate of drug-likeness (QED) is 0.614. The molecule has 30 heavy (non-hydrogen) atoms. The molecule has 0 atom stereocenters. The largest absolute Gasteiger partial charge is 0.379 e. The van der Waals surface area contributed by atoms with E-state index in [0.717, 1.165) is 55.4 Å². The van der Waals surface area contributed by atoms with Gasteiger partial charge in [0.25, 0.3) is 0 Å². The lowest BCUT2D eigenvalue weighted by molar-refractivity contribution is -0.116. The molecule has 0 aliphatic carbocycles. The third-order valence-electron chi connectivity index (χ3n) is 4.94. The molecule has 1 aliphatic rings. The van der Waals surface area contributed by atoms with Gasteiger partial charge in [0, 0.05) is 62.0 Å². The van der Waals surface area contributed by atoms with Gasteiger partial charge in [0.15, 0.2) is 0 Å². The van der Waals surface area contributed by atoms with Crippen LogP contribution in [-0.4, -0.2) is 65.0 Å². The van der Waals surface area contributed by atoms with E-state index >= 15 is 0 Å². The summed E-state index contributed by atoms with van der Waals surface area (Å²) in [6, 6.07) is 13.7. The van der Waals surface area contributed by atoms with Crippen LogP contribution in [-0.2, 0) is 9.53 Å². The number of para-hydroxylation sites is 1. The molecule has 1 fully saturated rings. The first-order chi connectivity index (χ1) is 14.8. The van der Waals surface area contributed by atoms with Gasteiger partial charge in [-0.2, -0.15) is 5.10 Å². The Hall–Kier alpha value is -3.29. The van der Waals surface area contributed by atoms with Crippen LogP contribution in [0.3, 0.4) is 0 Å². The Labute approximate surface area is 176 Å². The first-order valence-electron chi connectivity index (χ1n) is 10.1. The van der Waals surface area contributed by atoms with Crippen molar-refractivity contribution in [2.45, 2.75) is 0 Å². The summed E-state index contributed by atoms with van der Waals surface area (Å²) in [7, 11) is 0. The van der Waals surface area contributed by atoms with Crippen LogP contribution < -0.4 is 5.32 Å². The van der Waals surface area contributed by atoms with Crippen molar-refractivity contribution >= 4 is 12.0 Å². The summed E-state index contributed by atoms with van der Waals surface area (Å²) >= 11 is 0. The Morgan fingerprint density at radius 3 is 2.73 bits per heavy atom. The number of carbonyl (C=O) groups is 1. The summed E-state index contributed by atoms with van der Waals surface area (Å²) in [4.78, 5) is 18.8. The average Bonchev–Trinajstić information content (AvgIpc) is 3.24. The molecule has 7 nitrogen and oxygen atoms in total. The van der Waals surface area contributed by atoms with E-state index in [2.05, 4.69) is 15.2 Å². The fraction of sp³-hybridized carbons (Fsp3) is 0.261. The lowest BCUT2D eigenvalue weighted by atomic mass is 10.1. The van der Waals surface area contributed by atoms with Crippen LogP contribution in [0.1, 0.15) is 5.56 Å². The molecule has 1 N–H and O–H groups in total. The van der Waals surface area contributed by atoms with E-state index in [4.69, 9.17) is 9.84 Å². The van der Waals surface area contributed by atoms with Crippen LogP contribution in [0, 0.1) is 0 Å². The van der Waals surface area contributed by atoms with E-state index in [9.17, 15) is 4.79 Å². The number of aromatic nitrogens is 3. The van der Waals surface area contributed by atoms with Crippen LogP contribution in [0.25, 0.3) is 23.0 Å². The number of hydrogen-bond donors (Lipinski definition) is 1. The van der Waals surface area contributed by atoms with Gasteiger partial charge in [0.1, 0.15) is 5.69 Å². The standard InChI is InChI=1S/C23H25N5O2/c29-22(25-11-12-27-13-15-30-16-14-27)9-8-20-18-28(21-6-2-1-3-7-21)26-23(20)19-5-4-10-24-17-19/h1-10,17-18H,11-16H2,(H,25,29)/b9-8+. The van der Waals surface area contributed by atoms with Crippen molar-refractivity contribution in [1.29, 1.82) is 0 Å². The summed E-state index contributed by atoms with van der Waals surface area (Å²) < 4.78 is 7.16. The third-order valence-corrected chi connectivity index (χ3v) is 4.94. The van der Waals surface area contributed by atoms with Crippen LogP contribution in [0.4, 0.5) is 0 Å². The van der Waals surface area contributed by atoms with Gasteiger partial charge in [-0.25, -0.2) is 4.68 Å². The monoisotopic (exact) mass is 403 g/mol. The molecule has 3 heterocycles. The Morgan fingerprint density at radius 2 is 1.97 bits per heavy atom. The van der Waals surface area contributed by atoms with Gasteiger partial charge in [-0.15, -0.1) is 0 Å². The fourth-order valence-electron chi connectivity index (χ4n) is 3.34. The first kappa shape index (κ1) is 20.0. The highest BCUT2D eigenvalue weighted by Crippen LogP contribution is 2.24. The smallest absolute Gasteiger partial charge is 0.244 e. The second-order valence-electron chi connectivity index (χ2n) is 7.03. The van der Waals surface area contributed by atoms with Crippen molar-refractivity contribution in [2.75, 3.05) is 39.4 Å². The van der Waals surface area contributed by atoms with Crippen molar-refractivity contribution in [3.05, 3.63) is 72.7 Å². The minimum absolute atomic E-state index is 0.118. The number of pyridine rings is 1. The highest BCUT2D eigenvalue weighted by atomic mass is 16.5. The second-order valence-corrected chi connectivity index (χ2v) is 7.03. The molecule has 0 radical (unpaired) electrons. The zero-order chi connectivity index (χ0) is 20.6. The molecule has 0 bridgehead atoms. The Bertz CT molecular complexity index is 979. The summed E-state index contributed by atoms with van der Waals surface area (Å²) in [5.41, 5.74) is 3.50. The molecule has 2 aromatic heterocycles. The SMILES string of the molecule is O=C(/C=C/c1cn(-c2ccccc2)nc1-c1cccnc1)NCCN1CCOCC1. The van der Waals surface area contributed by atoms with Crippen LogP contribution in [0.15, 0.2) is 67.1 Å². The van der Waals surface area contributed by atoms with Gasteiger partial charge in [-0.3, -0.25) is 14.7 Å². The summed E-state index contributed by atoms with van der Waals surface area (Å²) in [6.07, 6.45) is 8.80. The third kappa shape index (κ3) is 5.20. The van der Waals surface area contributed by atoms with Crippen LogP contribution >= 0.6 is 0 Å². The first-order valence-corrected chi connectivity index (χ1v) is 10.1. The Kier molecular flexibility index (Phi) is 6.64. The number of carbonyl (C=O) groups excluding carboxylic acids is 1. The van der Waals surface area contributed by atoms with Crippen molar-refractivity contribution in [1.82, 2.24) is 25.0 Å². The van der Waals surface area contributed by atoms with Crippen LogP contribution in [0.2, 0.25) is 0 Å². The fourth-order valence-corrected chi connectivity index (χ4v) is 3.34. The van der Waals surface area contributed by atoms with E-state index in [-0.39, 0.29) is 5.91 Å². The van der Waals surface area contributed by atoms with E-state index in [1.807, 2.05) is 53.3 Å². The van der Waals surface area contributed by atoms with E-state index in [1.165, 1.54) is 0 Å². The van der Waals surface area contributed by atoms with Crippen molar-refractivity contribution in [2.24, 2.45) is 0 Å². The molecule has 154 valence electrons. The van der Waals surface area contributed by atoms with E-state index < -0.39 is 0 Å². The normalized spacial score (nSPS) is 14.8. The van der Waals surface area contributed by atoms with Crippen molar-refractivity contribution < 1.29 is 9.53 Å². The summed E-state index contributed by atoms with van der Waals surface area (Å²) in [5.74, 6) is -0.118. The number of benzene rings is 1. The van der Waals surface area contributed by atoms with Gasteiger partial charge in [0.2, 0.25) is 5.91 Å². The molecule has 1 saturated heterocycles. The molecule has 1 aliphatic heterocycles. The summed E-state index contributed by atoms with van der Waals surface area (Å²) in [5, 5.41) is 7.68. The number of ether oxygens (including phenoxy) is 1. The van der Waals surface area contributed by atoms with Gasteiger partial charge in [0.05, 0.1) is 18.9 Å². The number of nitrogens with one attached hydrogen (secondary N) is 1. The van der Waals surface area contributed by atoms with Gasteiger partial charge in [-0.05, 0) is 30.3 Å². The topological polar surface area (TPSA) is 72.3 Å². The zero-order valence-corrected chi connectivity index (χ0v) is 16.8. The average molecular weight is 403 g/mol. The molecule has 1 amide bonds. The number of hydrogen-bond acceptors (Lipinski definition) is 5. The predicted octanol–water partition coefficient (Wildman–Crippen LogP) is 2.40. The molecular weight excluding hydrogens is 378 g/mol. The number of morpholine rings is 1. The minimum atomic E-state index is -0.118. The lowest BCUT2D eigenvalue weighted by Gasteiger charge is -2.26. The molecule has 3 aromatic rings. The Morgan fingerprint density at radius 1 is 1.13 bits per heavy atom. The molecule has 1 aromatic carbocycles. The van der Waals surface area contributed by atoms with Gasteiger partial charge >= 0.3 is 0 Å². The number of rotatable bonds is 7. The molecular formula is C23H25N5O2. The van der Waals surface area contributed by atoms with Gasteiger partial charge < -0.3 is 10.1 Å². The second kappa shape index (κ2) is 9.96. The Balaban J connectivity index is 1.46. The van der Waals surface area contributed by atoms with Crippen molar-refractivity contribution in [3.63, 3.8) is 0 Å². The van der Waals surface area contributed by atoms with Crippen molar-refractivity contribution in [3.8, 4) is 16.9 Å². The zero-order valence-electron chi connectivity index (χ0n) is 16.8. The molecule has 0 unspecified atom stereocenters. The number of nitrogens with zero attached hydrogens (tertiary/aromatic N) is 4. The highest BCUT2D eigenvalue weighted by molar-refractivity contribution is 5.92. The lowest BCUT2D eigenvalue weighted by Crippen LogP contribution is -2.41. The molecule has 0 spiro atoms. The summed E-state index contributed by atoms with van der Waals surface area (Å²) in [6.45, 7) is 4.79. The minimum Gasteiger partial charge on any atom is -0.379 e. The van der Waals surface area contributed by atoms with Gasteiger partial charge in [-0.1, -0.05) is 18.2 Å². The maximum Gasteiger partial charge on any atom is 0.244 e. The van der Waals surface area contributed by atoms with E-state index in [1.54, 1.807) is 24.5 Å².